The Morgan fingerprint density at radius 1 is 1.03 bits per heavy atom. The summed E-state index contributed by atoms with van der Waals surface area (Å²) in [6.45, 7) is 19.5. The van der Waals surface area contributed by atoms with Gasteiger partial charge in [0.25, 0.3) is 8.53 Å². The van der Waals surface area contributed by atoms with Gasteiger partial charge in [-0.3, -0.25) is 4.90 Å². The molecule has 0 aliphatic carbocycles. The first-order chi connectivity index (χ1) is 14.5. The molecule has 176 valence electrons. The van der Waals surface area contributed by atoms with Crippen LogP contribution in [0.2, 0.25) is 0 Å². The summed E-state index contributed by atoms with van der Waals surface area (Å²) in [5.41, 5.74) is 1.46. The fourth-order valence-electron chi connectivity index (χ4n) is 5.74. The number of likely N-dealkylation sites (tertiary alicyclic amines) is 1. The molecule has 6 atom stereocenters. The fraction of sp³-hybridized carbons (Fsp3) is 0.769. The molecule has 2 heterocycles. The first kappa shape index (κ1) is 25.1. The van der Waals surface area contributed by atoms with Crippen molar-refractivity contribution < 1.29 is 9.05 Å². The number of nitrogens with zero attached hydrogens (tertiary/aromatic N) is 2. The van der Waals surface area contributed by atoms with Crippen molar-refractivity contribution in [3.8, 4) is 0 Å². The summed E-state index contributed by atoms with van der Waals surface area (Å²) >= 11 is 0. The maximum atomic E-state index is 6.67. The van der Waals surface area contributed by atoms with Gasteiger partial charge >= 0.3 is 0 Å². The smallest absolute Gasteiger partial charge is 0.260 e. The molecule has 2 aliphatic heterocycles. The third kappa shape index (κ3) is 5.04. The molecule has 2 aliphatic rings. The Hall–Kier alpha value is -0.510. The van der Waals surface area contributed by atoms with Gasteiger partial charge in [0.2, 0.25) is 0 Å². The first-order valence-electron chi connectivity index (χ1n) is 12.2. The van der Waals surface area contributed by atoms with Crippen LogP contribution in [-0.4, -0.2) is 45.4 Å². The Morgan fingerprint density at radius 3 is 2.23 bits per heavy atom. The second-order valence-corrected chi connectivity index (χ2v) is 12.4. The molecule has 0 amide bonds. The number of rotatable bonds is 6. The Kier molecular flexibility index (Phi) is 7.61. The van der Waals surface area contributed by atoms with E-state index in [2.05, 4.69) is 102 Å². The second-order valence-electron chi connectivity index (χ2n) is 11.0. The standard InChI is InChI=1S/C26H45N2O2P/c1-10-25(7)18-23(21(4)26(8,11-2)27(25)9)28(19-22-15-13-12-14-16-22)31-29-20(3)17-24(5,6)30-31/h12-16,20-21,23H,10-11,17-19H2,1-9H3. The molecular weight excluding hydrogens is 403 g/mol. The lowest BCUT2D eigenvalue weighted by Gasteiger charge is -2.62. The highest BCUT2D eigenvalue weighted by molar-refractivity contribution is 7.44. The average molecular weight is 449 g/mol. The van der Waals surface area contributed by atoms with E-state index in [0.29, 0.717) is 12.0 Å². The maximum absolute atomic E-state index is 6.67. The second kappa shape index (κ2) is 9.39. The first-order valence-corrected chi connectivity index (χ1v) is 13.3. The highest BCUT2D eigenvalue weighted by atomic mass is 31.2. The largest absolute Gasteiger partial charge is 0.319 e. The molecule has 3 rings (SSSR count). The zero-order chi connectivity index (χ0) is 23.0. The van der Waals surface area contributed by atoms with Crippen molar-refractivity contribution in [3.63, 3.8) is 0 Å². The molecule has 6 unspecified atom stereocenters. The zero-order valence-corrected chi connectivity index (χ0v) is 22.2. The molecule has 0 N–H and O–H groups in total. The normalized spacial score (nSPS) is 39.0. The predicted molar refractivity (Wildman–Crippen MR) is 132 cm³/mol. The molecule has 2 fully saturated rings. The van der Waals surface area contributed by atoms with E-state index in [1.807, 2.05) is 0 Å². The van der Waals surface area contributed by atoms with Gasteiger partial charge in [-0.1, -0.05) is 51.1 Å². The van der Waals surface area contributed by atoms with Gasteiger partial charge in [0.15, 0.2) is 0 Å². The summed E-state index contributed by atoms with van der Waals surface area (Å²) in [6, 6.07) is 11.2. The average Bonchev–Trinajstić information content (AvgIpc) is 2.72. The van der Waals surface area contributed by atoms with Crippen LogP contribution < -0.4 is 0 Å². The molecule has 4 nitrogen and oxygen atoms in total. The van der Waals surface area contributed by atoms with Gasteiger partial charge in [0.1, 0.15) is 0 Å². The lowest BCUT2D eigenvalue weighted by molar-refractivity contribution is -0.101. The molecule has 0 aromatic heterocycles. The molecule has 2 saturated heterocycles. The van der Waals surface area contributed by atoms with Crippen molar-refractivity contribution >= 4 is 8.53 Å². The monoisotopic (exact) mass is 448 g/mol. The highest BCUT2D eigenvalue weighted by Gasteiger charge is 2.54. The SMILES string of the molecule is CCC1(C)CC(N(Cc2ccccc2)P2OC(C)CC(C)(C)O2)C(C)C(C)(CC)N1C. The van der Waals surface area contributed by atoms with Crippen molar-refractivity contribution in [1.29, 1.82) is 0 Å². The van der Waals surface area contributed by atoms with Gasteiger partial charge < -0.3 is 9.05 Å². The van der Waals surface area contributed by atoms with Gasteiger partial charge in [-0.15, -0.1) is 0 Å². The van der Waals surface area contributed by atoms with E-state index in [1.165, 1.54) is 5.56 Å². The Bertz CT molecular complexity index is 729. The minimum Gasteiger partial charge on any atom is -0.319 e. The van der Waals surface area contributed by atoms with E-state index in [1.54, 1.807) is 0 Å². The fourth-order valence-corrected chi connectivity index (χ4v) is 7.69. The lowest BCUT2D eigenvalue weighted by Crippen LogP contribution is -2.68. The van der Waals surface area contributed by atoms with Crippen LogP contribution in [0.4, 0.5) is 0 Å². The van der Waals surface area contributed by atoms with E-state index in [4.69, 9.17) is 9.05 Å². The van der Waals surface area contributed by atoms with Crippen LogP contribution in [-0.2, 0) is 15.6 Å². The van der Waals surface area contributed by atoms with Crippen LogP contribution in [0.5, 0.6) is 0 Å². The van der Waals surface area contributed by atoms with E-state index in [0.717, 1.165) is 32.2 Å². The minimum absolute atomic E-state index is 0.134. The topological polar surface area (TPSA) is 24.9 Å². The van der Waals surface area contributed by atoms with Gasteiger partial charge in [-0.25, -0.2) is 4.67 Å². The number of hydrogen-bond acceptors (Lipinski definition) is 4. The van der Waals surface area contributed by atoms with Crippen molar-refractivity contribution in [1.82, 2.24) is 9.57 Å². The minimum atomic E-state index is -1.13. The van der Waals surface area contributed by atoms with E-state index in [9.17, 15) is 0 Å². The van der Waals surface area contributed by atoms with E-state index >= 15 is 0 Å². The summed E-state index contributed by atoms with van der Waals surface area (Å²) in [7, 11) is 1.21. The third-order valence-electron chi connectivity index (χ3n) is 8.41. The van der Waals surface area contributed by atoms with Gasteiger partial charge in [-0.2, -0.15) is 0 Å². The van der Waals surface area contributed by atoms with Crippen LogP contribution in [0.15, 0.2) is 30.3 Å². The molecule has 0 spiro atoms. The molecule has 5 heteroatoms. The quantitative estimate of drug-likeness (QED) is 0.438. The summed E-state index contributed by atoms with van der Waals surface area (Å²) in [5, 5.41) is 0. The summed E-state index contributed by atoms with van der Waals surface area (Å²) in [4.78, 5) is 2.67. The summed E-state index contributed by atoms with van der Waals surface area (Å²) in [5.74, 6) is 0.501. The van der Waals surface area contributed by atoms with Crippen LogP contribution in [0.1, 0.15) is 86.6 Å². The maximum Gasteiger partial charge on any atom is 0.260 e. The molecule has 0 saturated carbocycles. The zero-order valence-electron chi connectivity index (χ0n) is 21.3. The van der Waals surface area contributed by atoms with E-state index in [-0.39, 0.29) is 22.8 Å². The number of hydrogen-bond donors (Lipinski definition) is 0. The third-order valence-corrected chi connectivity index (χ3v) is 10.5. The molecule has 1 aromatic carbocycles. The highest BCUT2D eigenvalue weighted by Crippen LogP contribution is 2.58. The molecule has 1 aromatic rings. The molecular formula is C26H45N2O2P. The van der Waals surface area contributed by atoms with Crippen LogP contribution in [0, 0.1) is 5.92 Å². The van der Waals surface area contributed by atoms with Crippen LogP contribution >= 0.6 is 8.53 Å². The summed E-state index contributed by atoms with van der Waals surface area (Å²) < 4.78 is 15.8. The Labute approximate surface area is 192 Å². The lowest BCUT2D eigenvalue weighted by atomic mass is 9.67. The molecule has 31 heavy (non-hydrogen) atoms. The van der Waals surface area contributed by atoms with Crippen molar-refractivity contribution in [2.24, 2.45) is 5.92 Å². The number of piperidine rings is 1. The predicted octanol–water partition coefficient (Wildman–Crippen LogP) is 7.00. The van der Waals surface area contributed by atoms with Gasteiger partial charge in [0, 0.05) is 30.1 Å². The molecule has 0 bridgehead atoms. The van der Waals surface area contributed by atoms with Gasteiger partial charge in [-0.05, 0) is 72.4 Å². The van der Waals surface area contributed by atoms with E-state index < -0.39 is 8.53 Å². The van der Waals surface area contributed by atoms with Crippen LogP contribution in [0.25, 0.3) is 0 Å². The van der Waals surface area contributed by atoms with Crippen molar-refractivity contribution in [2.75, 3.05) is 7.05 Å². The van der Waals surface area contributed by atoms with Crippen molar-refractivity contribution in [3.05, 3.63) is 35.9 Å². The number of benzene rings is 1. The van der Waals surface area contributed by atoms with Gasteiger partial charge in [0.05, 0.1) is 11.7 Å². The van der Waals surface area contributed by atoms with Crippen molar-refractivity contribution in [2.45, 2.75) is 116 Å². The summed E-state index contributed by atoms with van der Waals surface area (Å²) in [6.07, 6.45) is 4.56. The Balaban J connectivity index is 2.02. The van der Waals surface area contributed by atoms with Crippen LogP contribution in [0.3, 0.4) is 0 Å². The molecule has 0 radical (unpaired) electrons. The Morgan fingerprint density at radius 2 is 1.68 bits per heavy atom.